The molecule has 0 aliphatic heterocycles. The summed E-state index contributed by atoms with van der Waals surface area (Å²) in [4.78, 5) is 0.904. The quantitative estimate of drug-likeness (QED) is 0.852. The van der Waals surface area contributed by atoms with Gasteiger partial charge in [0.25, 0.3) is 0 Å². The summed E-state index contributed by atoms with van der Waals surface area (Å²) in [5.41, 5.74) is 0. The molecule has 16 heavy (non-hydrogen) atoms. The van der Waals surface area contributed by atoms with Gasteiger partial charge in [0.05, 0.1) is 5.75 Å². The van der Waals surface area contributed by atoms with Crippen LogP contribution in [-0.4, -0.2) is 17.2 Å². The number of thioether (sulfide) groups is 1. The molecule has 0 spiro atoms. The molecule has 1 N–H and O–H groups in total. The van der Waals surface area contributed by atoms with Crippen molar-refractivity contribution in [1.29, 1.82) is 0 Å². The fraction of sp³-hybridized carbons (Fsp3) is 0.200. The van der Waals surface area contributed by atoms with Crippen molar-refractivity contribution in [3.63, 3.8) is 0 Å². The molecule has 1 aromatic carbocycles. The van der Waals surface area contributed by atoms with E-state index >= 15 is 0 Å². The molecule has 1 heterocycles. The molecule has 2 aromatic rings. The molecule has 0 atom stereocenters. The Kier molecular flexibility index (Phi) is 3.74. The normalized spacial score (nSPS) is 10.4. The van der Waals surface area contributed by atoms with Crippen LogP contribution in [0, 0.1) is 5.82 Å². The van der Waals surface area contributed by atoms with Gasteiger partial charge < -0.3 is 5.32 Å². The van der Waals surface area contributed by atoms with E-state index in [9.17, 15) is 4.39 Å². The van der Waals surface area contributed by atoms with Crippen LogP contribution in [0.25, 0.3) is 0 Å². The third kappa shape index (κ3) is 2.93. The van der Waals surface area contributed by atoms with Crippen LogP contribution >= 0.6 is 23.1 Å². The summed E-state index contributed by atoms with van der Waals surface area (Å²) < 4.78 is 12.9. The van der Waals surface area contributed by atoms with Crippen LogP contribution in [0.2, 0.25) is 0 Å². The monoisotopic (exact) mass is 255 g/mol. The van der Waals surface area contributed by atoms with Crippen molar-refractivity contribution in [3.8, 4) is 0 Å². The molecule has 0 aliphatic carbocycles. The summed E-state index contributed by atoms with van der Waals surface area (Å²) in [6.07, 6.45) is 0. The molecule has 6 heteroatoms. The van der Waals surface area contributed by atoms with E-state index in [-0.39, 0.29) is 5.82 Å². The molecule has 1 aromatic heterocycles. The Labute approximate surface area is 101 Å². The summed E-state index contributed by atoms with van der Waals surface area (Å²) in [5, 5.41) is 12.6. The van der Waals surface area contributed by atoms with Crippen molar-refractivity contribution < 1.29 is 4.39 Å². The van der Waals surface area contributed by atoms with Gasteiger partial charge in [-0.25, -0.2) is 4.39 Å². The van der Waals surface area contributed by atoms with Gasteiger partial charge in [0, 0.05) is 11.9 Å². The fourth-order valence-corrected chi connectivity index (χ4v) is 2.73. The van der Waals surface area contributed by atoms with Crippen LogP contribution in [0.15, 0.2) is 29.2 Å². The summed E-state index contributed by atoms with van der Waals surface area (Å²) in [7, 11) is 1.81. The topological polar surface area (TPSA) is 37.8 Å². The Balaban J connectivity index is 1.96. The van der Waals surface area contributed by atoms with Crippen molar-refractivity contribution in [2.45, 2.75) is 10.6 Å². The second-order valence-corrected chi connectivity index (χ2v) is 5.11. The van der Waals surface area contributed by atoms with E-state index in [2.05, 4.69) is 15.5 Å². The van der Waals surface area contributed by atoms with Gasteiger partial charge in [0.2, 0.25) is 5.13 Å². The highest BCUT2D eigenvalue weighted by molar-refractivity contribution is 7.98. The number of hydrogen-bond donors (Lipinski definition) is 1. The maximum atomic E-state index is 12.9. The molecule has 84 valence electrons. The lowest BCUT2D eigenvalue weighted by atomic mass is 10.4. The highest BCUT2D eigenvalue weighted by Crippen LogP contribution is 2.25. The molecular formula is C10H10FN3S2. The van der Waals surface area contributed by atoms with Gasteiger partial charge in [-0.15, -0.1) is 22.0 Å². The number of aromatic nitrogens is 2. The third-order valence-electron chi connectivity index (χ3n) is 1.84. The van der Waals surface area contributed by atoms with Crippen molar-refractivity contribution in [2.75, 3.05) is 12.4 Å². The third-order valence-corrected chi connectivity index (χ3v) is 3.97. The molecule has 0 aliphatic rings. The number of nitrogens with zero attached hydrogens (tertiary/aromatic N) is 2. The summed E-state index contributed by atoms with van der Waals surface area (Å²) >= 11 is 3.06. The Bertz CT molecular complexity index is 473. The zero-order valence-corrected chi connectivity index (χ0v) is 10.2. The van der Waals surface area contributed by atoms with Crippen LogP contribution in [0.3, 0.4) is 0 Å². The summed E-state index contributed by atoms with van der Waals surface area (Å²) in [6, 6.07) is 6.54. The molecule has 0 saturated heterocycles. The Morgan fingerprint density at radius 3 is 3.00 bits per heavy atom. The molecule has 0 saturated carbocycles. The minimum Gasteiger partial charge on any atom is -0.363 e. The molecular weight excluding hydrogens is 245 g/mol. The maximum absolute atomic E-state index is 12.9. The smallest absolute Gasteiger partial charge is 0.205 e. The van der Waals surface area contributed by atoms with E-state index in [1.54, 1.807) is 17.8 Å². The first-order chi connectivity index (χ1) is 7.78. The van der Waals surface area contributed by atoms with Crippen LogP contribution in [0.1, 0.15) is 5.01 Å². The molecule has 0 radical (unpaired) electrons. The first-order valence-corrected chi connectivity index (χ1v) is 6.46. The van der Waals surface area contributed by atoms with E-state index in [1.165, 1.54) is 23.5 Å². The Morgan fingerprint density at radius 2 is 2.31 bits per heavy atom. The van der Waals surface area contributed by atoms with Gasteiger partial charge in [-0.1, -0.05) is 17.4 Å². The SMILES string of the molecule is CNc1nnc(CSc2cccc(F)c2)s1. The summed E-state index contributed by atoms with van der Waals surface area (Å²) in [6.45, 7) is 0. The average Bonchev–Trinajstić information content (AvgIpc) is 2.74. The number of benzene rings is 1. The van der Waals surface area contributed by atoms with E-state index in [4.69, 9.17) is 0 Å². The first-order valence-electron chi connectivity index (χ1n) is 4.66. The van der Waals surface area contributed by atoms with Crippen molar-refractivity contribution in [3.05, 3.63) is 35.1 Å². The van der Waals surface area contributed by atoms with Crippen molar-refractivity contribution in [2.24, 2.45) is 0 Å². The zero-order chi connectivity index (χ0) is 11.4. The Hall–Kier alpha value is -1.14. The fourth-order valence-electron chi connectivity index (χ4n) is 1.11. The Morgan fingerprint density at radius 1 is 1.44 bits per heavy atom. The molecule has 2 rings (SSSR count). The lowest BCUT2D eigenvalue weighted by molar-refractivity contribution is 0.624. The predicted molar refractivity (Wildman–Crippen MR) is 65.4 cm³/mol. The highest BCUT2D eigenvalue weighted by Gasteiger charge is 2.03. The lowest BCUT2D eigenvalue weighted by Gasteiger charge is -1.98. The highest BCUT2D eigenvalue weighted by atomic mass is 32.2. The molecule has 0 bridgehead atoms. The molecule has 0 fully saturated rings. The molecule has 3 nitrogen and oxygen atoms in total. The predicted octanol–water partition coefficient (Wildman–Crippen LogP) is 3.01. The van der Waals surface area contributed by atoms with E-state index in [0.29, 0.717) is 5.75 Å². The number of rotatable bonds is 4. The molecule has 0 unspecified atom stereocenters. The largest absolute Gasteiger partial charge is 0.363 e. The van der Waals surface area contributed by atoms with Gasteiger partial charge in [-0.2, -0.15) is 0 Å². The van der Waals surface area contributed by atoms with E-state index in [1.807, 2.05) is 13.1 Å². The number of hydrogen-bond acceptors (Lipinski definition) is 5. The van der Waals surface area contributed by atoms with Gasteiger partial charge in [-0.3, -0.25) is 0 Å². The zero-order valence-electron chi connectivity index (χ0n) is 8.61. The minimum absolute atomic E-state index is 0.210. The minimum atomic E-state index is -0.210. The number of nitrogens with one attached hydrogen (secondary N) is 1. The van der Waals surface area contributed by atoms with Crippen molar-refractivity contribution in [1.82, 2.24) is 10.2 Å². The van der Waals surface area contributed by atoms with Crippen molar-refractivity contribution >= 4 is 28.2 Å². The van der Waals surface area contributed by atoms with Crippen LogP contribution < -0.4 is 5.32 Å². The van der Waals surface area contributed by atoms with E-state index in [0.717, 1.165) is 15.0 Å². The second kappa shape index (κ2) is 5.27. The van der Waals surface area contributed by atoms with Crippen LogP contribution in [0.4, 0.5) is 9.52 Å². The number of anilines is 1. The van der Waals surface area contributed by atoms with Crippen LogP contribution in [-0.2, 0) is 5.75 Å². The van der Waals surface area contributed by atoms with Gasteiger partial charge >= 0.3 is 0 Å². The van der Waals surface area contributed by atoms with Gasteiger partial charge in [0.1, 0.15) is 10.8 Å². The average molecular weight is 255 g/mol. The second-order valence-electron chi connectivity index (χ2n) is 3.00. The van der Waals surface area contributed by atoms with E-state index < -0.39 is 0 Å². The maximum Gasteiger partial charge on any atom is 0.205 e. The standard InChI is InChI=1S/C10H10FN3S2/c1-12-10-14-13-9(16-10)6-15-8-4-2-3-7(11)5-8/h2-5H,6H2,1H3,(H,12,14). The van der Waals surface area contributed by atoms with Gasteiger partial charge in [-0.05, 0) is 18.2 Å². The number of halogens is 1. The lowest BCUT2D eigenvalue weighted by Crippen LogP contribution is -1.84. The first kappa shape index (κ1) is 11.3. The van der Waals surface area contributed by atoms with Gasteiger partial charge in [0.15, 0.2) is 0 Å². The molecule has 0 amide bonds. The summed E-state index contributed by atoms with van der Waals surface area (Å²) in [5.74, 6) is 0.501. The van der Waals surface area contributed by atoms with Crippen LogP contribution in [0.5, 0.6) is 0 Å².